The number of pyridine rings is 1. The van der Waals surface area contributed by atoms with Gasteiger partial charge in [0.2, 0.25) is 5.91 Å². The highest BCUT2D eigenvalue weighted by Gasteiger charge is 2.22. The molecule has 1 atom stereocenters. The summed E-state index contributed by atoms with van der Waals surface area (Å²) in [5.41, 5.74) is 2.58. The third kappa shape index (κ3) is 3.67. The van der Waals surface area contributed by atoms with Crippen LogP contribution in [0.5, 0.6) is 0 Å². The first-order valence-corrected chi connectivity index (χ1v) is 9.42. The predicted octanol–water partition coefficient (Wildman–Crippen LogP) is 4.24. The van der Waals surface area contributed by atoms with Gasteiger partial charge in [-0.25, -0.2) is 4.79 Å². The van der Waals surface area contributed by atoms with Crippen LogP contribution in [0.3, 0.4) is 0 Å². The van der Waals surface area contributed by atoms with E-state index in [4.69, 9.17) is 0 Å². The molecule has 6 nitrogen and oxygen atoms in total. The van der Waals surface area contributed by atoms with Gasteiger partial charge in [-0.3, -0.25) is 9.78 Å². The lowest BCUT2D eigenvalue weighted by Gasteiger charge is -2.20. The first kappa shape index (κ1) is 18.0. The van der Waals surface area contributed by atoms with Gasteiger partial charge >= 0.3 is 6.03 Å². The third-order valence-corrected chi connectivity index (χ3v) is 5.03. The van der Waals surface area contributed by atoms with E-state index in [9.17, 15) is 9.59 Å². The fraction of sp³-hybridized carbons (Fsp3) is 0.227. The van der Waals surface area contributed by atoms with Crippen molar-refractivity contribution in [3.63, 3.8) is 0 Å². The molecule has 1 aromatic heterocycles. The first-order chi connectivity index (χ1) is 13.6. The van der Waals surface area contributed by atoms with Crippen LogP contribution in [-0.4, -0.2) is 23.5 Å². The number of anilines is 2. The van der Waals surface area contributed by atoms with Gasteiger partial charge in [0.05, 0.1) is 11.7 Å². The fourth-order valence-electron chi connectivity index (χ4n) is 3.55. The van der Waals surface area contributed by atoms with E-state index in [-0.39, 0.29) is 18.0 Å². The maximum Gasteiger partial charge on any atom is 0.319 e. The summed E-state index contributed by atoms with van der Waals surface area (Å²) < 4.78 is 0. The fourth-order valence-corrected chi connectivity index (χ4v) is 3.55. The zero-order valence-corrected chi connectivity index (χ0v) is 15.7. The lowest BCUT2D eigenvalue weighted by Crippen LogP contribution is -2.31. The maximum atomic E-state index is 12.5. The second-order valence-electron chi connectivity index (χ2n) is 6.97. The number of carbonyl (C=O) groups is 2. The molecule has 0 spiro atoms. The summed E-state index contributed by atoms with van der Waals surface area (Å²) >= 11 is 0. The molecule has 0 unspecified atom stereocenters. The summed E-state index contributed by atoms with van der Waals surface area (Å²) in [6.45, 7) is 2.68. The molecule has 1 saturated heterocycles. The van der Waals surface area contributed by atoms with Crippen LogP contribution >= 0.6 is 0 Å². The van der Waals surface area contributed by atoms with Crippen molar-refractivity contribution in [1.29, 1.82) is 0 Å². The van der Waals surface area contributed by atoms with Crippen molar-refractivity contribution in [2.24, 2.45) is 0 Å². The quantitative estimate of drug-likeness (QED) is 0.717. The van der Waals surface area contributed by atoms with Crippen LogP contribution in [0.4, 0.5) is 16.2 Å². The summed E-state index contributed by atoms with van der Waals surface area (Å²) in [4.78, 5) is 30.4. The molecule has 0 saturated carbocycles. The molecular formula is C22H22N4O2. The number of amides is 3. The molecule has 1 aliphatic rings. The molecule has 0 bridgehead atoms. The Morgan fingerprint density at radius 3 is 2.86 bits per heavy atom. The number of fused-ring (bicyclic) bond motifs is 1. The molecule has 142 valence electrons. The van der Waals surface area contributed by atoms with Crippen molar-refractivity contribution in [2.45, 2.75) is 25.8 Å². The number of rotatable bonds is 4. The second kappa shape index (κ2) is 7.68. The molecule has 4 rings (SSSR count). The van der Waals surface area contributed by atoms with Gasteiger partial charge in [0.1, 0.15) is 0 Å². The average Bonchev–Trinajstić information content (AvgIpc) is 3.14. The van der Waals surface area contributed by atoms with Gasteiger partial charge in [-0.1, -0.05) is 24.3 Å². The van der Waals surface area contributed by atoms with E-state index in [0.29, 0.717) is 6.42 Å². The highest BCUT2D eigenvalue weighted by Crippen LogP contribution is 2.25. The van der Waals surface area contributed by atoms with Crippen molar-refractivity contribution in [3.05, 3.63) is 66.5 Å². The molecule has 1 aliphatic heterocycles. The summed E-state index contributed by atoms with van der Waals surface area (Å²) in [6.07, 6.45) is 4.96. The van der Waals surface area contributed by atoms with Gasteiger partial charge in [0.15, 0.2) is 0 Å². The standard InChI is InChI=1S/C22H22N4O2/c1-15(16-5-2-7-18(13-16)26-12-4-9-21(26)27)24-22(28)25-20-8-3-6-17-14-23-11-10-19(17)20/h2-3,5-8,10-11,13-15H,4,9,12H2,1H3,(H2,24,25,28)/t15-/m1/s1. The van der Waals surface area contributed by atoms with E-state index < -0.39 is 0 Å². The topological polar surface area (TPSA) is 74.3 Å². The Kier molecular flexibility index (Phi) is 4.93. The minimum absolute atomic E-state index is 0.154. The highest BCUT2D eigenvalue weighted by molar-refractivity contribution is 6.01. The van der Waals surface area contributed by atoms with E-state index in [2.05, 4.69) is 15.6 Å². The minimum atomic E-state index is -0.278. The first-order valence-electron chi connectivity index (χ1n) is 9.42. The minimum Gasteiger partial charge on any atom is -0.331 e. The summed E-state index contributed by atoms with van der Waals surface area (Å²) in [6, 6.07) is 14.9. The summed E-state index contributed by atoms with van der Waals surface area (Å²) in [5.74, 6) is 0.154. The van der Waals surface area contributed by atoms with E-state index in [1.54, 1.807) is 17.3 Å². The second-order valence-corrected chi connectivity index (χ2v) is 6.97. The Morgan fingerprint density at radius 1 is 1.18 bits per heavy atom. The average molecular weight is 374 g/mol. The molecule has 0 radical (unpaired) electrons. The van der Waals surface area contributed by atoms with Crippen LogP contribution in [-0.2, 0) is 4.79 Å². The van der Waals surface area contributed by atoms with Crippen LogP contribution in [0.2, 0.25) is 0 Å². The summed E-state index contributed by atoms with van der Waals surface area (Å²) in [7, 11) is 0. The smallest absolute Gasteiger partial charge is 0.319 e. The lowest BCUT2D eigenvalue weighted by atomic mass is 10.1. The molecule has 0 aliphatic carbocycles. The molecular weight excluding hydrogens is 352 g/mol. The number of hydrogen-bond acceptors (Lipinski definition) is 3. The predicted molar refractivity (Wildman–Crippen MR) is 110 cm³/mol. The lowest BCUT2D eigenvalue weighted by molar-refractivity contribution is -0.117. The van der Waals surface area contributed by atoms with Gasteiger partial charge in [0.25, 0.3) is 0 Å². The van der Waals surface area contributed by atoms with E-state index >= 15 is 0 Å². The summed E-state index contributed by atoms with van der Waals surface area (Å²) in [5, 5.41) is 7.80. The largest absolute Gasteiger partial charge is 0.331 e. The number of nitrogens with zero attached hydrogens (tertiary/aromatic N) is 2. The van der Waals surface area contributed by atoms with Crippen LogP contribution in [0.1, 0.15) is 31.4 Å². The zero-order chi connectivity index (χ0) is 19.5. The molecule has 2 N–H and O–H groups in total. The SMILES string of the molecule is C[C@@H](NC(=O)Nc1cccc2cnccc12)c1cccc(N2CCCC2=O)c1. The molecule has 2 aromatic carbocycles. The monoisotopic (exact) mass is 374 g/mol. The molecule has 6 heteroatoms. The van der Waals surface area contributed by atoms with Crippen molar-refractivity contribution in [1.82, 2.24) is 10.3 Å². The van der Waals surface area contributed by atoms with Crippen molar-refractivity contribution in [2.75, 3.05) is 16.8 Å². The Morgan fingerprint density at radius 2 is 2.04 bits per heavy atom. The van der Waals surface area contributed by atoms with Crippen LogP contribution in [0.15, 0.2) is 60.9 Å². The Bertz CT molecular complexity index is 1030. The number of aromatic nitrogens is 1. The van der Waals surface area contributed by atoms with Crippen LogP contribution in [0, 0.1) is 0 Å². The van der Waals surface area contributed by atoms with Gasteiger partial charge in [0, 0.05) is 41.8 Å². The van der Waals surface area contributed by atoms with Crippen molar-refractivity contribution >= 4 is 34.1 Å². The van der Waals surface area contributed by atoms with Crippen LogP contribution < -0.4 is 15.5 Å². The Labute approximate surface area is 163 Å². The van der Waals surface area contributed by atoms with Crippen LogP contribution in [0.25, 0.3) is 10.8 Å². The number of nitrogens with one attached hydrogen (secondary N) is 2. The van der Waals surface area contributed by atoms with Gasteiger partial charge in [-0.05, 0) is 43.2 Å². The van der Waals surface area contributed by atoms with Crippen molar-refractivity contribution < 1.29 is 9.59 Å². The number of hydrogen-bond donors (Lipinski definition) is 2. The van der Waals surface area contributed by atoms with E-state index in [1.807, 2.05) is 55.5 Å². The van der Waals surface area contributed by atoms with Gasteiger partial charge in [-0.2, -0.15) is 0 Å². The normalized spacial score (nSPS) is 14.9. The highest BCUT2D eigenvalue weighted by atomic mass is 16.2. The number of benzene rings is 2. The van der Waals surface area contributed by atoms with E-state index in [0.717, 1.165) is 40.7 Å². The maximum absolute atomic E-state index is 12.5. The van der Waals surface area contributed by atoms with E-state index in [1.165, 1.54) is 0 Å². The zero-order valence-electron chi connectivity index (χ0n) is 15.7. The number of urea groups is 1. The molecule has 3 aromatic rings. The Hall–Kier alpha value is -3.41. The Balaban J connectivity index is 1.47. The molecule has 1 fully saturated rings. The van der Waals surface area contributed by atoms with Gasteiger partial charge < -0.3 is 15.5 Å². The molecule has 2 heterocycles. The molecule has 3 amide bonds. The third-order valence-electron chi connectivity index (χ3n) is 5.03. The number of carbonyl (C=O) groups excluding carboxylic acids is 2. The molecule has 28 heavy (non-hydrogen) atoms. The van der Waals surface area contributed by atoms with Gasteiger partial charge in [-0.15, -0.1) is 0 Å². The van der Waals surface area contributed by atoms with Crippen molar-refractivity contribution in [3.8, 4) is 0 Å².